The fourth-order valence-electron chi connectivity index (χ4n) is 4.12. The molecule has 2 aromatic rings. The third-order valence-electron chi connectivity index (χ3n) is 5.92. The lowest BCUT2D eigenvalue weighted by atomic mass is 9.88. The van der Waals surface area contributed by atoms with Crippen molar-refractivity contribution in [3.63, 3.8) is 0 Å². The van der Waals surface area contributed by atoms with Crippen LogP contribution >= 0.6 is 0 Å². The summed E-state index contributed by atoms with van der Waals surface area (Å²) in [5.74, 6) is -2.29. The molecule has 0 radical (unpaired) electrons. The number of hydrogen-bond donors (Lipinski definition) is 2. The molecule has 0 aliphatic heterocycles. The van der Waals surface area contributed by atoms with Gasteiger partial charge in [-0.1, -0.05) is 90.1 Å². The van der Waals surface area contributed by atoms with Gasteiger partial charge in [0, 0.05) is 11.8 Å². The highest BCUT2D eigenvalue weighted by atomic mass is 16.4. The van der Waals surface area contributed by atoms with E-state index in [9.17, 15) is 19.2 Å². The predicted molar refractivity (Wildman–Crippen MR) is 141 cm³/mol. The minimum absolute atomic E-state index is 0.237. The van der Waals surface area contributed by atoms with Gasteiger partial charge in [0.05, 0.1) is 0 Å². The van der Waals surface area contributed by atoms with Gasteiger partial charge < -0.3 is 10.2 Å². The topological polar surface area (TPSA) is 109 Å². The molecular weight excluding hydrogens is 456 g/mol. The first-order chi connectivity index (χ1) is 16.8. The molecule has 0 bridgehead atoms. The van der Waals surface area contributed by atoms with E-state index in [2.05, 4.69) is 27.7 Å². The molecular formula is C30H40O6. The van der Waals surface area contributed by atoms with Crippen LogP contribution in [0.25, 0.3) is 0 Å². The monoisotopic (exact) mass is 496 g/mol. The van der Waals surface area contributed by atoms with Gasteiger partial charge in [-0.2, -0.15) is 0 Å². The SMILES string of the molecule is CC(C)Cc1ccccc1C(C)C(=O)CC(=O)O.CC(C)Cc1ccccc1C(C)C(=O)CC(=O)O. The van der Waals surface area contributed by atoms with E-state index in [1.165, 1.54) is 0 Å². The summed E-state index contributed by atoms with van der Waals surface area (Å²) >= 11 is 0. The Kier molecular flexibility index (Phi) is 12.8. The number of aliphatic carboxylic acids is 2. The molecule has 0 saturated heterocycles. The van der Waals surface area contributed by atoms with Crippen LogP contribution in [0.15, 0.2) is 48.5 Å². The van der Waals surface area contributed by atoms with Crippen molar-refractivity contribution in [3.8, 4) is 0 Å². The Morgan fingerprint density at radius 2 is 0.889 bits per heavy atom. The lowest BCUT2D eigenvalue weighted by Crippen LogP contribution is -2.15. The van der Waals surface area contributed by atoms with E-state index >= 15 is 0 Å². The Morgan fingerprint density at radius 1 is 0.583 bits per heavy atom. The molecule has 0 amide bonds. The van der Waals surface area contributed by atoms with E-state index in [1.807, 2.05) is 48.5 Å². The standard InChI is InChI=1S/2C15H20O3/c2*1-10(2)8-12-6-4-5-7-13(12)11(3)14(16)9-15(17)18/h2*4-7,10-11H,8-9H2,1-3H3,(H,17,18). The van der Waals surface area contributed by atoms with E-state index < -0.39 is 24.8 Å². The average Bonchev–Trinajstić information content (AvgIpc) is 2.77. The van der Waals surface area contributed by atoms with Crippen LogP contribution < -0.4 is 0 Å². The zero-order chi connectivity index (χ0) is 27.4. The number of Topliss-reactive ketones (excluding diaryl/α,β-unsaturated/α-hetero) is 2. The molecule has 6 heteroatoms. The maximum atomic E-state index is 11.8. The predicted octanol–water partition coefficient (Wildman–Crippen LogP) is 6.06. The van der Waals surface area contributed by atoms with E-state index in [0.29, 0.717) is 11.8 Å². The second-order valence-electron chi connectivity index (χ2n) is 10.1. The van der Waals surface area contributed by atoms with Crippen LogP contribution in [0.5, 0.6) is 0 Å². The summed E-state index contributed by atoms with van der Waals surface area (Å²) in [5, 5.41) is 17.3. The minimum Gasteiger partial charge on any atom is -0.481 e. The smallest absolute Gasteiger partial charge is 0.310 e. The quantitative estimate of drug-likeness (QED) is 0.346. The van der Waals surface area contributed by atoms with Crippen LogP contribution in [0.2, 0.25) is 0 Å². The maximum absolute atomic E-state index is 11.8. The van der Waals surface area contributed by atoms with Crippen molar-refractivity contribution in [2.24, 2.45) is 11.8 Å². The summed E-state index contributed by atoms with van der Waals surface area (Å²) < 4.78 is 0. The zero-order valence-corrected chi connectivity index (χ0v) is 22.3. The second-order valence-corrected chi connectivity index (χ2v) is 10.1. The molecule has 2 atom stereocenters. The van der Waals surface area contributed by atoms with Gasteiger partial charge in [0.1, 0.15) is 12.8 Å². The molecule has 2 N–H and O–H groups in total. The van der Waals surface area contributed by atoms with Crippen molar-refractivity contribution < 1.29 is 29.4 Å². The number of carboxylic acid groups (broad SMARTS) is 2. The van der Waals surface area contributed by atoms with Crippen LogP contribution in [0.4, 0.5) is 0 Å². The van der Waals surface area contributed by atoms with Crippen molar-refractivity contribution in [1.29, 1.82) is 0 Å². The largest absolute Gasteiger partial charge is 0.481 e. The Balaban J connectivity index is 0.000000360. The number of benzene rings is 2. The summed E-state index contributed by atoms with van der Waals surface area (Å²) in [6.45, 7) is 12.1. The number of rotatable bonds is 12. The average molecular weight is 497 g/mol. The highest BCUT2D eigenvalue weighted by Gasteiger charge is 2.21. The number of ketones is 2. The normalized spacial score (nSPS) is 12.4. The highest BCUT2D eigenvalue weighted by molar-refractivity contribution is 5.99. The fourth-order valence-corrected chi connectivity index (χ4v) is 4.12. The molecule has 196 valence electrons. The van der Waals surface area contributed by atoms with Crippen LogP contribution in [0.3, 0.4) is 0 Å². The van der Waals surface area contributed by atoms with Crippen molar-refractivity contribution in [2.75, 3.05) is 0 Å². The summed E-state index contributed by atoms with van der Waals surface area (Å²) in [4.78, 5) is 44.8. The Morgan fingerprint density at radius 3 is 1.17 bits per heavy atom. The Hall–Kier alpha value is -3.28. The number of hydrogen-bond acceptors (Lipinski definition) is 4. The van der Waals surface area contributed by atoms with Gasteiger partial charge in [0.25, 0.3) is 0 Å². The van der Waals surface area contributed by atoms with Gasteiger partial charge in [-0.3, -0.25) is 19.2 Å². The fraction of sp³-hybridized carbons (Fsp3) is 0.467. The van der Waals surface area contributed by atoms with Gasteiger partial charge in [-0.15, -0.1) is 0 Å². The third-order valence-corrected chi connectivity index (χ3v) is 5.92. The summed E-state index contributed by atoms with van der Waals surface area (Å²) in [6.07, 6.45) is 0.996. The summed E-state index contributed by atoms with van der Waals surface area (Å²) in [7, 11) is 0. The van der Waals surface area contributed by atoms with Gasteiger partial charge in [-0.05, 0) is 46.9 Å². The van der Waals surface area contributed by atoms with Crippen LogP contribution in [-0.4, -0.2) is 33.7 Å². The lowest BCUT2D eigenvalue weighted by Gasteiger charge is -2.16. The number of carboxylic acids is 2. The van der Waals surface area contributed by atoms with Crippen molar-refractivity contribution >= 4 is 23.5 Å². The molecule has 0 aliphatic carbocycles. The van der Waals surface area contributed by atoms with Crippen molar-refractivity contribution in [1.82, 2.24) is 0 Å². The molecule has 2 unspecified atom stereocenters. The van der Waals surface area contributed by atoms with E-state index in [4.69, 9.17) is 10.2 Å². The molecule has 0 saturated carbocycles. The van der Waals surface area contributed by atoms with Crippen molar-refractivity contribution in [3.05, 3.63) is 70.8 Å². The minimum atomic E-state index is -1.06. The third kappa shape index (κ3) is 10.5. The van der Waals surface area contributed by atoms with E-state index in [1.54, 1.807) is 13.8 Å². The molecule has 0 spiro atoms. The molecule has 6 nitrogen and oxygen atoms in total. The van der Waals surface area contributed by atoms with Crippen LogP contribution in [-0.2, 0) is 32.0 Å². The Bertz CT molecular complexity index is 954. The van der Waals surface area contributed by atoms with E-state index in [0.717, 1.165) is 35.1 Å². The first-order valence-electron chi connectivity index (χ1n) is 12.5. The summed E-state index contributed by atoms with van der Waals surface area (Å²) in [6, 6.07) is 15.6. The zero-order valence-electron chi connectivity index (χ0n) is 22.3. The highest BCUT2D eigenvalue weighted by Crippen LogP contribution is 2.25. The van der Waals surface area contributed by atoms with Gasteiger partial charge in [-0.25, -0.2) is 0 Å². The molecule has 0 aromatic heterocycles. The van der Waals surface area contributed by atoms with Gasteiger partial charge in [0.2, 0.25) is 0 Å². The maximum Gasteiger partial charge on any atom is 0.310 e. The molecule has 0 heterocycles. The molecule has 0 fully saturated rings. The molecule has 2 aromatic carbocycles. The molecule has 2 rings (SSSR count). The van der Waals surface area contributed by atoms with Crippen LogP contribution in [0.1, 0.15) is 88.5 Å². The summed E-state index contributed by atoms with van der Waals surface area (Å²) in [5.41, 5.74) is 4.19. The molecule has 36 heavy (non-hydrogen) atoms. The van der Waals surface area contributed by atoms with Crippen LogP contribution in [0, 0.1) is 11.8 Å². The lowest BCUT2D eigenvalue weighted by molar-refractivity contribution is -0.142. The van der Waals surface area contributed by atoms with Gasteiger partial charge >= 0.3 is 11.9 Å². The first kappa shape index (κ1) is 30.8. The van der Waals surface area contributed by atoms with Crippen molar-refractivity contribution in [2.45, 2.75) is 79.1 Å². The number of carbonyl (C=O) groups is 4. The van der Waals surface area contributed by atoms with E-state index in [-0.39, 0.29) is 23.4 Å². The Labute approximate surface area is 214 Å². The first-order valence-corrected chi connectivity index (χ1v) is 12.5. The van der Waals surface area contributed by atoms with Gasteiger partial charge in [0.15, 0.2) is 11.6 Å². The second kappa shape index (κ2) is 15.0. The molecule has 0 aliphatic rings. The number of carbonyl (C=O) groups excluding carboxylic acids is 2.